The van der Waals surface area contributed by atoms with Crippen molar-refractivity contribution in [1.82, 2.24) is 10.2 Å². The molecule has 1 aliphatic carbocycles. The van der Waals surface area contributed by atoms with Crippen LogP contribution in [0.15, 0.2) is 0 Å². The number of rotatable bonds is 7. The second kappa shape index (κ2) is 6.53. The van der Waals surface area contributed by atoms with E-state index in [-0.39, 0.29) is 18.6 Å². The van der Waals surface area contributed by atoms with Crippen molar-refractivity contribution in [1.29, 1.82) is 0 Å². The number of piperidine rings is 1. The third-order valence-corrected chi connectivity index (χ3v) is 4.14. The number of aliphatic hydroxyl groups excluding tert-OH is 1. The molecule has 2 fully saturated rings. The van der Waals surface area contributed by atoms with Crippen molar-refractivity contribution in [3.8, 4) is 0 Å². The molecule has 0 aromatic rings. The summed E-state index contributed by atoms with van der Waals surface area (Å²) in [5.41, 5.74) is 0. The normalized spacial score (nSPS) is 26.4. The largest absolute Gasteiger partial charge is 0.396 e. The van der Waals surface area contributed by atoms with Crippen LogP contribution < -0.4 is 5.32 Å². The van der Waals surface area contributed by atoms with Crippen molar-refractivity contribution in [2.75, 3.05) is 19.7 Å². The topological polar surface area (TPSA) is 52.6 Å². The fourth-order valence-corrected chi connectivity index (χ4v) is 2.73. The van der Waals surface area contributed by atoms with Gasteiger partial charge < -0.3 is 15.3 Å². The maximum absolute atomic E-state index is 12.3. The van der Waals surface area contributed by atoms with Gasteiger partial charge in [0.05, 0.1) is 6.04 Å². The molecule has 2 atom stereocenters. The van der Waals surface area contributed by atoms with E-state index in [0.29, 0.717) is 12.0 Å². The Bertz CT molecular complexity index is 279. The first-order valence-corrected chi connectivity index (χ1v) is 7.40. The van der Waals surface area contributed by atoms with Crippen LogP contribution in [-0.2, 0) is 4.79 Å². The zero-order valence-electron chi connectivity index (χ0n) is 11.4. The van der Waals surface area contributed by atoms with Crippen LogP contribution in [0.4, 0.5) is 0 Å². The van der Waals surface area contributed by atoms with Gasteiger partial charge in [-0.2, -0.15) is 0 Å². The van der Waals surface area contributed by atoms with Gasteiger partial charge in [0.1, 0.15) is 0 Å². The molecule has 2 aliphatic rings. The first kappa shape index (κ1) is 13.8. The molecule has 0 spiro atoms. The minimum absolute atomic E-state index is 0.0536. The number of hydrogen-bond acceptors (Lipinski definition) is 3. The van der Waals surface area contributed by atoms with E-state index in [0.717, 1.165) is 38.8 Å². The molecule has 1 saturated carbocycles. The number of likely N-dealkylation sites (tertiary alicyclic amines) is 1. The Morgan fingerprint density at radius 2 is 2.22 bits per heavy atom. The van der Waals surface area contributed by atoms with Gasteiger partial charge in [-0.05, 0) is 38.0 Å². The van der Waals surface area contributed by atoms with Gasteiger partial charge in [0.15, 0.2) is 0 Å². The van der Waals surface area contributed by atoms with E-state index in [1.165, 1.54) is 12.8 Å². The highest BCUT2D eigenvalue weighted by Gasteiger charge is 2.33. The van der Waals surface area contributed by atoms with Crippen molar-refractivity contribution in [2.45, 2.75) is 57.5 Å². The average Bonchev–Trinajstić information content (AvgIpc) is 3.17. The van der Waals surface area contributed by atoms with E-state index in [2.05, 4.69) is 12.2 Å². The first-order valence-electron chi connectivity index (χ1n) is 7.40. The third kappa shape index (κ3) is 3.69. The predicted octanol–water partition coefficient (Wildman–Crippen LogP) is 1.14. The van der Waals surface area contributed by atoms with Crippen molar-refractivity contribution < 1.29 is 9.90 Å². The second-order valence-corrected chi connectivity index (χ2v) is 5.71. The van der Waals surface area contributed by atoms with E-state index < -0.39 is 0 Å². The quantitative estimate of drug-likeness (QED) is 0.716. The number of nitrogens with zero attached hydrogens (tertiary/aromatic N) is 1. The molecule has 2 unspecified atom stereocenters. The maximum Gasteiger partial charge on any atom is 0.239 e. The standard InChI is InChI=1S/C14H26N2O2/c1-2-11(7-9-17)10-16-8-3-4-13(14(16)18)15-12-5-6-12/h11-13,15,17H,2-10H2,1H3. The molecule has 0 aromatic heterocycles. The van der Waals surface area contributed by atoms with Crippen LogP contribution in [0.3, 0.4) is 0 Å². The Balaban J connectivity index is 1.84. The first-order chi connectivity index (χ1) is 8.74. The minimum atomic E-state index is 0.0536. The van der Waals surface area contributed by atoms with Gasteiger partial charge in [0.2, 0.25) is 5.91 Å². The van der Waals surface area contributed by atoms with Gasteiger partial charge in [0, 0.05) is 25.7 Å². The number of amides is 1. The van der Waals surface area contributed by atoms with Crippen LogP contribution in [0.5, 0.6) is 0 Å². The van der Waals surface area contributed by atoms with E-state index in [1.54, 1.807) is 0 Å². The van der Waals surface area contributed by atoms with E-state index in [9.17, 15) is 4.79 Å². The molecular weight excluding hydrogens is 228 g/mol. The van der Waals surface area contributed by atoms with Gasteiger partial charge in [0.25, 0.3) is 0 Å². The summed E-state index contributed by atoms with van der Waals surface area (Å²) in [6.45, 7) is 4.07. The van der Waals surface area contributed by atoms with Gasteiger partial charge in [-0.3, -0.25) is 4.79 Å². The Kier molecular flexibility index (Phi) is 5.01. The molecular formula is C14H26N2O2. The average molecular weight is 254 g/mol. The zero-order chi connectivity index (χ0) is 13.0. The molecule has 104 valence electrons. The lowest BCUT2D eigenvalue weighted by molar-refractivity contribution is -0.136. The van der Waals surface area contributed by atoms with Gasteiger partial charge >= 0.3 is 0 Å². The zero-order valence-corrected chi connectivity index (χ0v) is 11.4. The van der Waals surface area contributed by atoms with Gasteiger partial charge in [-0.15, -0.1) is 0 Å². The number of carbonyl (C=O) groups excluding carboxylic acids is 1. The van der Waals surface area contributed by atoms with Gasteiger partial charge in [-0.1, -0.05) is 13.3 Å². The molecule has 0 radical (unpaired) electrons. The molecule has 1 heterocycles. The molecule has 2 rings (SSSR count). The molecule has 18 heavy (non-hydrogen) atoms. The van der Waals surface area contributed by atoms with Crippen LogP contribution in [0.25, 0.3) is 0 Å². The van der Waals surface area contributed by atoms with Crippen LogP contribution in [0.2, 0.25) is 0 Å². The molecule has 2 N–H and O–H groups in total. The lowest BCUT2D eigenvalue weighted by Gasteiger charge is -2.35. The Morgan fingerprint density at radius 3 is 2.83 bits per heavy atom. The highest BCUT2D eigenvalue weighted by Crippen LogP contribution is 2.23. The SMILES string of the molecule is CCC(CCO)CN1CCCC(NC2CC2)C1=O. The maximum atomic E-state index is 12.3. The summed E-state index contributed by atoms with van der Waals surface area (Å²) in [5.74, 6) is 0.725. The predicted molar refractivity (Wildman–Crippen MR) is 71.2 cm³/mol. The van der Waals surface area contributed by atoms with Gasteiger partial charge in [-0.25, -0.2) is 0 Å². The number of hydrogen-bond donors (Lipinski definition) is 2. The highest BCUT2D eigenvalue weighted by atomic mass is 16.3. The number of carbonyl (C=O) groups is 1. The van der Waals surface area contributed by atoms with E-state index >= 15 is 0 Å². The van der Waals surface area contributed by atoms with Crippen LogP contribution in [-0.4, -0.2) is 47.7 Å². The summed E-state index contributed by atoms with van der Waals surface area (Å²) in [4.78, 5) is 14.4. The molecule has 0 aromatic carbocycles. The van der Waals surface area contributed by atoms with Crippen LogP contribution in [0, 0.1) is 5.92 Å². The number of nitrogens with one attached hydrogen (secondary N) is 1. The fraction of sp³-hybridized carbons (Fsp3) is 0.929. The lowest BCUT2D eigenvalue weighted by Crippen LogP contribution is -2.52. The highest BCUT2D eigenvalue weighted by molar-refractivity contribution is 5.82. The molecule has 4 nitrogen and oxygen atoms in total. The van der Waals surface area contributed by atoms with Crippen LogP contribution in [0.1, 0.15) is 45.4 Å². The Hall–Kier alpha value is -0.610. The lowest BCUT2D eigenvalue weighted by atomic mass is 9.98. The molecule has 1 amide bonds. The Morgan fingerprint density at radius 1 is 1.44 bits per heavy atom. The van der Waals surface area contributed by atoms with Crippen molar-refractivity contribution in [2.24, 2.45) is 5.92 Å². The number of aliphatic hydroxyl groups is 1. The van der Waals surface area contributed by atoms with E-state index in [4.69, 9.17) is 5.11 Å². The monoisotopic (exact) mass is 254 g/mol. The molecule has 1 aliphatic heterocycles. The summed E-state index contributed by atoms with van der Waals surface area (Å²) >= 11 is 0. The molecule has 1 saturated heterocycles. The summed E-state index contributed by atoms with van der Waals surface area (Å²) in [7, 11) is 0. The minimum Gasteiger partial charge on any atom is -0.396 e. The van der Waals surface area contributed by atoms with Crippen LogP contribution >= 0.6 is 0 Å². The fourth-order valence-electron chi connectivity index (χ4n) is 2.73. The molecule has 0 bridgehead atoms. The molecule has 4 heteroatoms. The summed E-state index contributed by atoms with van der Waals surface area (Å²) in [6, 6.07) is 0.649. The smallest absolute Gasteiger partial charge is 0.239 e. The van der Waals surface area contributed by atoms with Crippen molar-refractivity contribution in [3.05, 3.63) is 0 Å². The van der Waals surface area contributed by atoms with E-state index in [1.807, 2.05) is 4.90 Å². The summed E-state index contributed by atoms with van der Waals surface area (Å²) < 4.78 is 0. The second-order valence-electron chi connectivity index (χ2n) is 5.71. The van der Waals surface area contributed by atoms with Crippen molar-refractivity contribution in [3.63, 3.8) is 0 Å². The Labute approximate surface area is 110 Å². The summed E-state index contributed by atoms with van der Waals surface area (Å²) in [5, 5.41) is 12.5. The van der Waals surface area contributed by atoms with Crippen molar-refractivity contribution >= 4 is 5.91 Å². The summed E-state index contributed by atoms with van der Waals surface area (Å²) in [6.07, 6.45) is 6.39. The third-order valence-electron chi connectivity index (χ3n) is 4.14.